The van der Waals surface area contributed by atoms with Crippen LogP contribution >= 0.6 is 0 Å². The zero-order chi connectivity index (χ0) is 21.3. The fraction of sp³-hybridized carbons (Fsp3) is 0.391. The standard InChI is InChI=1S/C23H27N5O2/c1-15-8-10-19(16(2)12-15)24-22(29)14-27(3)23(30)17-9-11-21-20(13-17)25-26-28(21)18-6-4-5-7-18/h8-13,18H,4-7,14H2,1-3H3,(H,24,29). The lowest BCUT2D eigenvalue weighted by Gasteiger charge is -2.17. The van der Waals surface area contributed by atoms with E-state index in [-0.39, 0.29) is 18.4 Å². The first kappa shape index (κ1) is 20.1. The van der Waals surface area contributed by atoms with E-state index in [0.29, 0.717) is 17.1 Å². The molecule has 4 rings (SSSR count). The quantitative estimate of drug-likeness (QED) is 0.699. The van der Waals surface area contributed by atoms with E-state index in [1.807, 2.05) is 42.8 Å². The van der Waals surface area contributed by atoms with Gasteiger partial charge in [0.05, 0.1) is 18.1 Å². The van der Waals surface area contributed by atoms with Gasteiger partial charge in [-0.05, 0) is 56.5 Å². The van der Waals surface area contributed by atoms with Gasteiger partial charge in [0.2, 0.25) is 5.91 Å². The second-order valence-electron chi connectivity index (χ2n) is 8.20. The van der Waals surface area contributed by atoms with Crippen molar-refractivity contribution < 1.29 is 9.59 Å². The molecule has 7 heteroatoms. The summed E-state index contributed by atoms with van der Waals surface area (Å²) >= 11 is 0. The monoisotopic (exact) mass is 405 g/mol. The Hall–Kier alpha value is -3.22. The Kier molecular flexibility index (Phi) is 5.53. The molecule has 1 heterocycles. The molecule has 0 radical (unpaired) electrons. The molecule has 7 nitrogen and oxygen atoms in total. The van der Waals surface area contributed by atoms with Crippen molar-refractivity contribution in [3.05, 3.63) is 53.1 Å². The van der Waals surface area contributed by atoms with Crippen molar-refractivity contribution in [2.75, 3.05) is 18.9 Å². The Morgan fingerprint density at radius 2 is 1.90 bits per heavy atom. The number of aryl methyl sites for hydroxylation is 2. The predicted molar refractivity (Wildman–Crippen MR) is 117 cm³/mol. The molecule has 2 aromatic carbocycles. The molecule has 2 amide bonds. The van der Waals surface area contributed by atoms with Gasteiger partial charge >= 0.3 is 0 Å². The molecule has 0 unspecified atom stereocenters. The second kappa shape index (κ2) is 8.26. The van der Waals surface area contributed by atoms with E-state index in [4.69, 9.17) is 0 Å². The molecule has 0 aliphatic heterocycles. The molecule has 1 aromatic heterocycles. The minimum absolute atomic E-state index is 0.0288. The third-order valence-electron chi connectivity index (χ3n) is 5.77. The zero-order valence-electron chi connectivity index (χ0n) is 17.7. The van der Waals surface area contributed by atoms with Crippen LogP contribution in [0, 0.1) is 13.8 Å². The van der Waals surface area contributed by atoms with Crippen LogP contribution in [0.1, 0.15) is 53.2 Å². The second-order valence-corrected chi connectivity index (χ2v) is 8.20. The maximum absolute atomic E-state index is 12.8. The maximum Gasteiger partial charge on any atom is 0.254 e. The summed E-state index contributed by atoms with van der Waals surface area (Å²) in [4.78, 5) is 26.7. The van der Waals surface area contributed by atoms with Crippen molar-refractivity contribution in [1.82, 2.24) is 19.9 Å². The van der Waals surface area contributed by atoms with Crippen LogP contribution in [0.4, 0.5) is 5.69 Å². The van der Waals surface area contributed by atoms with Gasteiger partial charge in [0.25, 0.3) is 5.91 Å². The number of nitrogens with one attached hydrogen (secondary N) is 1. The molecule has 3 aromatic rings. The Labute approximate surface area is 176 Å². The minimum atomic E-state index is -0.231. The van der Waals surface area contributed by atoms with E-state index >= 15 is 0 Å². The van der Waals surface area contributed by atoms with E-state index in [1.165, 1.54) is 17.7 Å². The van der Waals surface area contributed by atoms with Crippen LogP contribution in [0.25, 0.3) is 11.0 Å². The molecule has 0 bridgehead atoms. The Morgan fingerprint density at radius 1 is 1.13 bits per heavy atom. The molecular weight excluding hydrogens is 378 g/mol. The molecule has 156 valence electrons. The lowest BCUT2D eigenvalue weighted by atomic mass is 10.1. The number of carbonyl (C=O) groups is 2. The molecule has 1 fully saturated rings. The van der Waals surface area contributed by atoms with Gasteiger partial charge in [0, 0.05) is 18.3 Å². The minimum Gasteiger partial charge on any atom is -0.332 e. The molecule has 1 saturated carbocycles. The van der Waals surface area contributed by atoms with Crippen LogP contribution in [0.2, 0.25) is 0 Å². The summed E-state index contributed by atoms with van der Waals surface area (Å²) in [6, 6.07) is 11.7. The Morgan fingerprint density at radius 3 is 2.63 bits per heavy atom. The normalized spacial score (nSPS) is 14.2. The summed E-state index contributed by atoms with van der Waals surface area (Å²) in [7, 11) is 1.63. The third kappa shape index (κ3) is 4.06. The van der Waals surface area contributed by atoms with Crippen molar-refractivity contribution in [3.8, 4) is 0 Å². The van der Waals surface area contributed by atoms with Crippen LogP contribution in [0.5, 0.6) is 0 Å². The number of hydrogen-bond acceptors (Lipinski definition) is 4. The number of benzene rings is 2. The van der Waals surface area contributed by atoms with Crippen molar-refractivity contribution in [2.45, 2.75) is 45.6 Å². The van der Waals surface area contributed by atoms with Crippen LogP contribution in [0.15, 0.2) is 36.4 Å². The highest BCUT2D eigenvalue weighted by Crippen LogP contribution is 2.31. The average Bonchev–Trinajstić information content (AvgIpc) is 3.38. The third-order valence-corrected chi connectivity index (χ3v) is 5.77. The van der Waals surface area contributed by atoms with Crippen molar-refractivity contribution in [3.63, 3.8) is 0 Å². The van der Waals surface area contributed by atoms with Gasteiger partial charge in [-0.3, -0.25) is 9.59 Å². The molecule has 30 heavy (non-hydrogen) atoms. The molecule has 1 aliphatic carbocycles. The number of nitrogens with zero attached hydrogens (tertiary/aromatic N) is 4. The smallest absolute Gasteiger partial charge is 0.254 e. The maximum atomic E-state index is 12.8. The van der Waals surface area contributed by atoms with Crippen LogP contribution in [-0.4, -0.2) is 45.3 Å². The number of anilines is 1. The van der Waals surface area contributed by atoms with Crippen LogP contribution in [0.3, 0.4) is 0 Å². The Balaban J connectivity index is 1.44. The van der Waals surface area contributed by atoms with E-state index in [0.717, 1.165) is 35.2 Å². The predicted octanol–water partition coefficient (Wildman–Crippen LogP) is 3.87. The summed E-state index contributed by atoms with van der Waals surface area (Å²) in [6.45, 7) is 3.93. The number of fused-ring (bicyclic) bond motifs is 1. The average molecular weight is 406 g/mol. The van der Waals surface area contributed by atoms with Crippen molar-refractivity contribution in [2.24, 2.45) is 0 Å². The Bertz CT molecular complexity index is 1100. The summed E-state index contributed by atoms with van der Waals surface area (Å²) in [5.74, 6) is -0.450. The van der Waals surface area contributed by atoms with Gasteiger partial charge < -0.3 is 10.2 Å². The van der Waals surface area contributed by atoms with Crippen LogP contribution in [-0.2, 0) is 4.79 Å². The molecule has 1 N–H and O–H groups in total. The summed E-state index contributed by atoms with van der Waals surface area (Å²) in [5, 5.41) is 11.5. The van der Waals surface area contributed by atoms with Gasteiger partial charge in [0.15, 0.2) is 0 Å². The number of hydrogen-bond donors (Lipinski definition) is 1. The topological polar surface area (TPSA) is 80.1 Å². The molecule has 1 aliphatic rings. The van der Waals surface area contributed by atoms with Gasteiger partial charge in [0.1, 0.15) is 5.52 Å². The number of likely N-dealkylation sites (N-methyl/N-ethyl adjacent to an activating group) is 1. The largest absolute Gasteiger partial charge is 0.332 e. The SMILES string of the molecule is Cc1ccc(NC(=O)CN(C)C(=O)c2ccc3c(c2)nnn3C2CCCC2)c(C)c1. The zero-order valence-corrected chi connectivity index (χ0v) is 17.7. The number of rotatable bonds is 5. The molecule has 0 atom stereocenters. The van der Waals surface area contributed by atoms with Gasteiger partial charge in [-0.2, -0.15) is 0 Å². The molecule has 0 spiro atoms. The van der Waals surface area contributed by atoms with Crippen molar-refractivity contribution in [1.29, 1.82) is 0 Å². The van der Waals surface area contributed by atoms with Crippen LogP contribution < -0.4 is 5.32 Å². The summed E-state index contributed by atoms with van der Waals surface area (Å²) < 4.78 is 1.98. The lowest BCUT2D eigenvalue weighted by Crippen LogP contribution is -2.35. The molecular formula is C23H27N5O2. The summed E-state index contributed by atoms with van der Waals surface area (Å²) in [5.41, 5.74) is 5.06. The molecule has 0 saturated heterocycles. The highest BCUT2D eigenvalue weighted by atomic mass is 16.2. The van der Waals surface area contributed by atoms with E-state index in [1.54, 1.807) is 19.2 Å². The number of amides is 2. The van der Waals surface area contributed by atoms with Crippen molar-refractivity contribution >= 4 is 28.5 Å². The highest BCUT2D eigenvalue weighted by Gasteiger charge is 2.21. The summed E-state index contributed by atoms with van der Waals surface area (Å²) in [6.07, 6.45) is 4.68. The van der Waals surface area contributed by atoms with E-state index in [2.05, 4.69) is 15.6 Å². The first-order valence-corrected chi connectivity index (χ1v) is 10.4. The number of carbonyl (C=O) groups excluding carboxylic acids is 2. The van der Waals surface area contributed by atoms with Gasteiger partial charge in [-0.15, -0.1) is 5.10 Å². The first-order chi connectivity index (χ1) is 14.4. The van der Waals surface area contributed by atoms with E-state index in [9.17, 15) is 9.59 Å². The fourth-order valence-electron chi connectivity index (χ4n) is 4.14. The van der Waals surface area contributed by atoms with Gasteiger partial charge in [-0.25, -0.2) is 4.68 Å². The number of aromatic nitrogens is 3. The fourth-order valence-corrected chi connectivity index (χ4v) is 4.14. The first-order valence-electron chi connectivity index (χ1n) is 10.4. The lowest BCUT2D eigenvalue weighted by molar-refractivity contribution is -0.116. The highest BCUT2D eigenvalue weighted by molar-refractivity contribution is 6.01. The van der Waals surface area contributed by atoms with E-state index < -0.39 is 0 Å². The van der Waals surface area contributed by atoms with Gasteiger partial charge in [-0.1, -0.05) is 35.8 Å².